The molecule has 0 fully saturated rings. The maximum absolute atomic E-state index is 11.6. The Labute approximate surface area is 151 Å². The molecule has 8 nitrogen and oxygen atoms in total. The summed E-state index contributed by atoms with van der Waals surface area (Å²) in [6.07, 6.45) is 3.93. The van der Waals surface area contributed by atoms with E-state index in [1.807, 2.05) is 24.3 Å². The van der Waals surface area contributed by atoms with Gasteiger partial charge in [0.2, 0.25) is 0 Å². The van der Waals surface area contributed by atoms with E-state index in [0.29, 0.717) is 5.52 Å². The highest BCUT2D eigenvalue weighted by Crippen LogP contribution is 2.25. The van der Waals surface area contributed by atoms with E-state index in [4.69, 9.17) is 10.8 Å². The first-order valence-electron chi connectivity index (χ1n) is 8.39. The van der Waals surface area contributed by atoms with E-state index in [2.05, 4.69) is 26.8 Å². The van der Waals surface area contributed by atoms with E-state index in [1.165, 1.54) is 0 Å². The molecule has 0 aliphatic heterocycles. The van der Waals surface area contributed by atoms with Crippen molar-refractivity contribution >= 4 is 33.8 Å². The molecule has 0 unspecified atom stereocenters. The van der Waals surface area contributed by atoms with Gasteiger partial charge in [0, 0.05) is 11.9 Å². The number of likely N-dealkylation sites (N-methyl/N-ethyl adjacent to an activating group) is 1. The summed E-state index contributed by atoms with van der Waals surface area (Å²) in [7, 11) is 1.59. The Morgan fingerprint density at radius 1 is 1.31 bits per heavy atom. The number of carbonyl (C=O) groups is 2. The third-order valence-corrected chi connectivity index (χ3v) is 3.77. The van der Waals surface area contributed by atoms with Crippen LogP contribution >= 0.6 is 0 Å². The van der Waals surface area contributed by atoms with Crippen LogP contribution in [0.4, 0.5) is 0 Å². The maximum atomic E-state index is 11.6. The Morgan fingerprint density at radius 3 is 2.62 bits per heavy atom. The minimum atomic E-state index is -0.822. The van der Waals surface area contributed by atoms with E-state index in [0.717, 1.165) is 35.8 Å². The molecule has 2 heterocycles. The van der Waals surface area contributed by atoms with E-state index in [-0.39, 0.29) is 12.2 Å². The van der Waals surface area contributed by atoms with Gasteiger partial charge in [-0.1, -0.05) is 31.5 Å². The van der Waals surface area contributed by atoms with Crippen molar-refractivity contribution in [1.29, 1.82) is 0 Å². The first kappa shape index (κ1) is 19.3. The van der Waals surface area contributed by atoms with Gasteiger partial charge >= 0.3 is 5.97 Å². The summed E-state index contributed by atoms with van der Waals surface area (Å²) >= 11 is 0. The summed E-state index contributed by atoms with van der Waals surface area (Å²) in [6, 6.07) is 7.75. The van der Waals surface area contributed by atoms with Crippen molar-refractivity contribution in [3.05, 3.63) is 36.3 Å². The molecule has 0 saturated heterocycles. The topological polar surface area (TPSA) is 123 Å². The number of hydrogen-bond donors (Lipinski definition) is 3. The van der Waals surface area contributed by atoms with Crippen molar-refractivity contribution in [3.8, 4) is 0 Å². The molecule has 3 rings (SSSR count). The van der Waals surface area contributed by atoms with Gasteiger partial charge in [-0.25, -0.2) is 9.97 Å². The number of primary amides is 1. The molecule has 138 valence electrons. The molecule has 0 aliphatic carbocycles. The minimum Gasteiger partial charge on any atom is -0.480 e. The Hall–Kier alpha value is -3.00. The number of carboxylic acid groups (broad SMARTS) is 1. The molecule has 1 aromatic carbocycles. The first-order valence-corrected chi connectivity index (χ1v) is 8.39. The molecule has 0 saturated carbocycles. The molecule has 8 heteroatoms. The van der Waals surface area contributed by atoms with Crippen LogP contribution in [0.15, 0.2) is 30.6 Å². The van der Waals surface area contributed by atoms with Crippen molar-refractivity contribution in [2.75, 3.05) is 13.6 Å². The fourth-order valence-corrected chi connectivity index (χ4v) is 2.60. The number of aliphatic carboxylic acids is 1. The summed E-state index contributed by atoms with van der Waals surface area (Å²) in [4.78, 5) is 29.8. The third-order valence-electron chi connectivity index (χ3n) is 3.77. The number of nitrogens with one attached hydrogen (secondary N) is 1. The molecule has 0 aliphatic rings. The highest BCUT2D eigenvalue weighted by molar-refractivity contribution is 6.11. The molecular formula is C18H23N5O3. The molecule has 3 aromatic rings. The van der Waals surface area contributed by atoms with E-state index in [9.17, 15) is 9.59 Å². The van der Waals surface area contributed by atoms with Gasteiger partial charge in [-0.05, 0) is 19.5 Å². The summed E-state index contributed by atoms with van der Waals surface area (Å²) in [5.41, 5.74) is 7.98. The Kier molecular flexibility index (Phi) is 6.62. The summed E-state index contributed by atoms with van der Waals surface area (Å²) in [5.74, 6) is -1.36. The highest BCUT2D eigenvalue weighted by Gasteiger charge is 2.16. The van der Waals surface area contributed by atoms with Gasteiger partial charge in [0.15, 0.2) is 5.69 Å². The largest absolute Gasteiger partial charge is 0.480 e. The average molecular weight is 357 g/mol. The highest BCUT2D eigenvalue weighted by atomic mass is 16.4. The van der Waals surface area contributed by atoms with Gasteiger partial charge in [-0.3, -0.25) is 9.59 Å². The van der Waals surface area contributed by atoms with Crippen molar-refractivity contribution in [2.24, 2.45) is 5.73 Å². The van der Waals surface area contributed by atoms with Crippen LogP contribution in [-0.4, -0.2) is 45.1 Å². The van der Waals surface area contributed by atoms with Crippen LogP contribution in [0.1, 0.15) is 30.3 Å². The SMILES string of the molecule is CCCCn1cnc2c(C(N)=O)nc3ccccc3c21.CNCC(=O)O. The number of nitrogens with two attached hydrogens (primary N) is 1. The standard InChI is InChI=1S/C15H16N4O.C3H7NO2/c1-2-3-8-19-9-17-12-13(15(16)20)18-11-7-5-4-6-10(11)14(12)19;1-4-2-3(5)6/h4-7,9H,2-3,8H2,1H3,(H2,16,20);4H,2H2,1H3,(H,5,6). The summed E-state index contributed by atoms with van der Waals surface area (Å²) in [6.45, 7) is 3.06. The Balaban J connectivity index is 0.000000352. The van der Waals surface area contributed by atoms with Crippen LogP contribution < -0.4 is 11.1 Å². The van der Waals surface area contributed by atoms with Crippen molar-refractivity contribution < 1.29 is 14.7 Å². The zero-order valence-corrected chi connectivity index (χ0v) is 14.9. The van der Waals surface area contributed by atoms with Gasteiger partial charge in [0.25, 0.3) is 5.91 Å². The lowest BCUT2D eigenvalue weighted by atomic mass is 10.1. The van der Waals surface area contributed by atoms with Crippen LogP contribution in [-0.2, 0) is 11.3 Å². The van der Waals surface area contributed by atoms with Crippen LogP contribution in [0, 0.1) is 0 Å². The number of aryl methyl sites for hydroxylation is 1. The molecule has 0 radical (unpaired) electrons. The number of fused-ring (bicyclic) bond motifs is 3. The third kappa shape index (κ3) is 4.34. The first-order chi connectivity index (χ1) is 12.5. The molecular weight excluding hydrogens is 334 g/mol. The van der Waals surface area contributed by atoms with Crippen LogP contribution in [0.25, 0.3) is 21.9 Å². The summed E-state index contributed by atoms with van der Waals surface area (Å²) < 4.78 is 2.08. The number of unbranched alkanes of at least 4 members (excludes halogenated alkanes) is 1. The number of benzene rings is 1. The number of carboxylic acids is 1. The molecule has 0 bridgehead atoms. The van der Waals surface area contributed by atoms with Gasteiger partial charge in [0.1, 0.15) is 5.52 Å². The van der Waals surface area contributed by atoms with Gasteiger partial charge in [-0.15, -0.1) is 0 Å². The molecule has 1 amide bonds. The van der Waals surface area contributed by atoms with E-state index in [1.54, 1.807) is 13.4 Å². The maximum Gasteiger partial charge on any atom is 0.317 e. The van der Waals surface area contributed by atoms with Crippen molar-refractivity contribution in [2.45, 2.75) is 26.3 Å². The lowest BCUT2D eigenvalue weighted by Gasteiger charge is -2.07. The second-order valence-electron chi connectivity index (χ2n) is 5.75. The van der Waals surface area contributed by atoms with Gasteiger partial charge in [-0.2, -0.15) is 0 Å². The molecule has 0 spiro atoms. The number of aromatic nitrogens is 3. The molecule has 4 N–H and O–H groups in total. The minimum absolute atomic E-state index is 0.0417. The fraction of sp³-hybridized carbons (Fsp3) is 0.333. The monoisotopic (exact) mass is 357 g/mol. The Morgan fingerprint density at radius 2 is 2.04 bits per heavy atom. The molecule has 0 atom stereocenters. The second-order valence-corrected chi connectivity index (χ2v) is 5.75. The number of pyridine rings is 1. The zero-order valence-electron chi connectivity index (χ0n) is 14.9. The predicted molar refractivity (Wildman–Crippen MR) is 100 cm³/mol. The van der Waals surface area contributed by atoms with E-state index >= 15 is 0 Å². The van der Waals surface area contributed by atoms with Gasteiger partial charge < -0.3 is 20.7 Å². The second kappa shape index (κ2) is 8.91. The molecule has 2 aromatic heterocycles. The van der Waals surface area contributed by atoms with Crippen molar-refractivity contribution in [3.63, 3.8) is 0 Å². The normalized spacial score (nSPS) is 10.5. The zero-order chi connectivity index (χ0) is 19.1. The van der Waals surface area contributed by atoms with Crippen LogP contribution in [0.3, 0.4) is 0 Å². The Bertz CT molecular complexity index is 920. The lowest BCUT2D eigenvalue weighted by Crippen LogP contribution is -2.16. The smallest absolute Gasteiger partial charge is 0.317 e. The number of amides is 1. The number of rotatable bonds is 6. The number of nitrogens with zero attached hydrogens (tertiary/aromatic N) is 3. The molecule has 26 heavy (non-hydrogen) atoms. The predicted octanol–water partition coefficient (Wildman–Crippen LogP) is 1.77. The van der Waals surface area contributed by atoms with E-state index < -0.39 is 11.9 Å². The van der Waals surface area contributed by atoms with Gasteiger partial charge in [0.05, 0.1) is 23.9 Å². The number of hydrogen-bond acceptors (Lipinski definition) is 5. The van der Waals surface area contributed by atoms with Crippen LogP contribution in [0.2, 0.25) is 0 Å². The van der Waals surface area contributed by atoms with Crippen LogP contribution in [0.5, 0.6) is 0 Å². The number of carbonyl (C=O) groups excluding carboxylic acids is 1. The quantitative estimate of drug-likeness (QED) is 0.618. The lowest BCUT2D eigenvalue weighted by molar-refractivity contribution is -0.135. The summed E-state index contributed by atoms with van der Waals surface area (Å²) in [5, 5.41) is 11.3. The average Bonchev–Trinajstić information content (AvgIpc) is 3.03. The van der Waals surface area contributed by atoms with Crippen molar-refractivity contribution in [1.82, 2.24) is 19.9 Å². The number of para-hydroxylation sites is 1. The fourth-order valence-electron chi connectivity index (χ4n) is 2.60. The number of imidazole rings is 1.